The van der Waals surface area contributed by atoms with Crippen molar-refractivity contribution in [2.75, 3.05) is 0 Å². The van der Waals surface area contributed by atoms with E-state index in [1.54, 1.807) is 38.1 Å². The van der Waals surface area contributed by atoms with Crippen LogP contribution in [0.4, 0.5) is 0 Å². The lowest BCUT2D eigenvalue weighted by Gasteiger charge is -2.29. The van der Waals surface area contributed by atoms with Crippen molar-refractivity contribution in [3.63, 3.8) is 0 Å². The van der Waals surface area contributed by atoms with E-state index in [0.717, 1.165) is 56.2 Å². The lowest BCUT2D eigenvalue weighted by molar-refractivity contribution is -0.133. The number of benzene rings is 1. The summed E-state index contributed by atoms with van der Waals surface area (Å²) in [6, 6.07) is 7.08. The van der Waals surface area contributed by atoms with Gasteiger partial charge in [-0.15, -0.1) is 0 Å². The molecule has 7 heteroatoms. The zero-order valence-corrected chi connectivity index (χ0v) is 19.6. The predicted molar refractivity (Wildman–Crippen MR) is 121 cm³/mol. The summed E-state index contributed by atoms with van der Waals surface area (Å²) in [5.74, 6) is 0.101. The highest BCUT2D eigenvalue weighted by Crippen LogP contribution is 2.30. The van der Waals surface area contributed by atoms with Gasteiger partial charge in [0.1, 0.15) is 0 Å². The number of aromatic nitrogens is 2. The van der Waals surface area contributed by atoms with Crippen LogP contribution in [0.3, 0.4) is 0 Å². The monoisotopic (exact) mass is 443 g/mol. The van der Waals surface area contributed by atoms with Crippen LogP contribution in [0.15, 0.2) is 29.2 Å². The molecule has 4 rings (SSSR count). The molecule has 168 valence electrons. The molecule has 0 unspecified atom stereocenters. The molecule has 0 bridgehead atoms. The molecule has 1 aromatic carbocycles. The third-order valence-corrected chi connectivity index (χ3v) is 9.00. The second kappa shape index (κ2) is 8.77. The molecule has 1 amide bonds. The Morgan fingerprint density at radius 1 is 1.13 bits per heavy atom. The van der Waals surface area contributed by atoms with Crippen LogP contribution < -0.4 is 0 Å². The van der Waals surface area contributed by atoms with Crippen LogP contribution in [0.25, 0.3) is 0 Å². The van der Waals surface area contributed by atoms with Gasteiger partial charge in [-0.3, -0.25) is 9.48 Å². The van der Waals surface area contributed by atoms with Gasteiger partial charge in [0.2, 0.25) is 5.91 Å². The van der Waals surface area contributed by atoms with Crippen LogP contribution in [0.5, 0.6) is 0 Å². The molecule has 6 nitrogen and oxygen atoms in total. The van der Waals surface area contributed by atoms with Gasteiger partial charge >= 0.3 is 0 Å². The number of aryl methyl sites for hydroxylation is 1. The zero-order chi connectivity index (χ0) is 22.2. The average molecular weight is 444 g/mol. The Balaban J connectivity index is 1.52. The topological polar surface area (TPSA) is 72.3 Å². The third-order valence-electron chi connectivity index (χ3n) is 6.83. The van der Waals surface area contributed by atoms with Gasteiger partial charge in [0, 0.05) is 18.8 Å². The van der Waals surface area contributed by atoms with Crippen LogP contribution in [0.2, 0.25) is 0 Å². The van der Waals surface area contributed by atoms with E-state index in [1.807, 2.05) is 16.6 Å². The van der Waals surface area contributed by atoms with Crippen LogP contribution in [-0.2, 0) is 47.5 Å². The summed E-state index contributed by atoms with van der Waals surface area (Å²) in [6.07, 6.45) is 8.00. The van der Waals surface area contributed by atoms with E-state index >= 15 is 0 Å². The lowest BCUT2D eigenvalue weighted by Crippen LogP contribution is -2.39. The SMILES string of the molecule is CC(C)S(=O)(=O)c1ccc(CC(=O)N(Cc2nn(C)c3c2CCC3)C2CCCC2)cc1. The summed E-state index contributed by atoms with van der Waals surface area (Å²) in [5.41, 5.74) is 4.55. The van der Waals surface area contributed by atoms with Gasteiger partial charge in [0.05, 0.1) is 28.8 Å². The Bertz CT molecular complexity index is 1050. The maximum absolute atomic E-state index is 13.4. The Kier molecular flexibility index (Phi) is 6.24. The van der Waals surface area contributed by atoms with Crippen molar-refractivity contribution in [3.8, 4) is 0 Å². The number of rotatable bonds is 7. The van der Waals surface area contributed by atoms with Gasteiger partial charge in [0.25, 0.3) is 0 Å². The highest BCUT2D eigenvalue weighted by Gasteiger charge is 2.30. The number of nitrogens with zero attached hydrogens (tertiary/aromatic N) is 3. The van der Waals surface area contributed by atoms with Crippen molar-refractivity contribution in [1.82, 2.24) is 14.7 Å². The number of sulfone groups is 1. The molecule has 0 aliphatic heterocycles. The Morgan fingerprint density at radius 2 is 1.81 bits per heavy atom. The van der Waals surface area contributed by atoms with Gasteiger partial charge in [0.15, 0.2) is 9.84 Å². The van der Waals surface area contributed by atoms with Gasteiger partial charge in [-0.25, -0.2) is 8.42 Å². The summed E-state index contributed by atoms with van der Waals surface area (Å²) in [6.45, 7) is 3.94. The van der Waals surface area contributed by atoms with Gasteiger partial charge < -0.3 is 4.90 Å². The summed E-state index contributed by atoms with van der Waals surface area (Å²) >= 11 is 0. The lowest BCUT2D eigenvalue weighted by atomic mass is 10.1. The summed E-state index contributed by atoms with van der Waals surface area (Å²) in [4.78, 5) is 15.7. The molecule has 0 radical (unpaired) electrons. The van der Waals surface area contributed by atoms with E-state index < -0.39 is 15.1 Å². The molecule has 1 saturated carbocycles. The largest absolute Gasteiger partial charge is 0.333 e. The molecular formula is C24H33N3O3S. The molecule has 0 saturated heterocycles. The van der Waals surface area contributed by atoms with Crippen LogP contribution in [0.1, 0.15) is 68.5 Å². The van der Waals surface area contributed by atoms with E-state index in [-0.39, 0.29) is 18.4 Å². The molecule has 2 aliphatic carbocycles. The molecule has 31 heavy (non-hydrogen) atoms. The molecule has 2 aliphatic rings. The second-order valence-corrected chi connectivity index (χ2v) is 11.7. The minimum absolute atomic E-state index is 0.101. The van der Waals surface area contributed by atoms with Crippen molar-refractivity contribution in [1.29, 1.82) is 0 Å². The Morgan fingerprint density at radius 3 is 2.45 bits per heavy atom. The number of fused-ring (bicyclic) bond motifs is 1. The first kappa shape index (κ1) is 22.1. The molecule has 1 aromatic heterocycles. The maximum atomic E-state index is 13.4. The number of carbonyl (C=O) groups is 1. The molecule has 0 N–H and O–H groups in total. The van der Waals surface area contributed by atoms with Crippen LogP contribution in [0, 0.1) is 0 Å². The van der Waals surface area contributed by atoms with Crippen molar-refractivity contribution < 1.29 is 13.2 Å². The maximum Gasteiger partial charge on any atom is 0.227 e. The van der Waals surface area contributed by atoms with Gasteiger partial charge in [-0.05, 0) is 69.2 Å². The fourth-order valence-corrected chi connectivity index (χ4v) is 6.03. The number of hydrogen-bond donors (Lipinski definition) is 0. The Hall–Kier alpha value is -2.15. The quantitative estimate of drug-likeness (QED) is 0.655. The standard InChI is InChI=1S/C24H33N3O3S/c1-17(2)31(29,30)20-13-11-18(12-14-20)15-24(28)27(19-7-4-5-8-19)16-22-21-9-6-10-23(21)26(3)25-22/h11-14,17,19H,4-10,15-16H2,1-3H3. The van der Waals surface area contributed by atoms with E-state index in [9.17, 15) is 13.2 Å². The van der Waals surface area contributed by atoms with Gasteiger partial charge in [-0.1, -0.05) is 25.0 Å². The highest BCUT2D eigenvalue weighted by atomic mass is 32.2. The van der Waals surface area contributed by atoms with Crippen LogP contribution >= 0.6 is 0 Å². The number of amides is 1. The van der Waals surface area contributed by atoms with Gasteiger partial charge in [-0.2, -0.15) is 5.10 Å². The fourth-order valence-electron chi connectivity index (χ4n) is 4.97. The molecule has 0 atom stereocenters. The molecular weight excluding hydrogens is 410 g/mol. The second-order valence-electron chi connectivity index (χ2n) is 9.22. The first-order valence-corrected chi connectivity index (χ1v) is 13.0. The molecule has 2 aromatic rings. The normalized spacial score (nSPS) is 16.8. The number of hydrogen-bond acceptors (Lipinski definition) is 4. The van der Waals surface area contributed by atoms with E-state index in [4.69, 9.17) is 5.10 Å². The van der Waals surface area contributed by atoms with Crippen molar-refractivity contribution >= 4 is 15.7 Å². The summed E-state index contributed by atoms with van der Waals surface area (Å²) in [5, 5.41) is 4.28. The summed E-state index contributed by atoms with van der Waals surface area (Å²) in [7, 11) is -1.30. The van der Waals surface area contributed by atoms with E-state index in [1.165, 1.54) is 11.3 Å². The highest BCUT2D eigenvalue weighted by molar-refractivity contribution is 7.92. The first-order valence-electron chi connectivity index (χ1n) is 11.4. The van der Waals surface area contributed by atoms with E-state index in [2.05, 4.69) is 0 Å². The predicted octanol–water partition coefficient (Wildman–Crippen LogP) is 3.60. The molecule has 1 heterocycles. The fraction of sp³-hybridized carbons (Fsp3) is 0.583. The summed E-state index contributed by atoms with van der Waals surface area (Å²) < 4.78 is 26.7. The van der Waals surface area contributed by atoms with Crippen molar-refractivity contribution in [2.24, 2.45) is 7.05 Å². The Labute approximate surface area is 185 Å². The average Bonchev–Trinajstić information content (AvgIpc) is 3.47. The number of carbonyl (C=O) groups excluding carboxylic acids is 1. The zero-order valence-electron chi connectivity index (χ0n) is 18.8. The van der Waals surface area contributed by atoms with E-state index in [0.29, 0.717) is 11.4 Å². The van der Waals surface area contributed by atoms with Crippen molar-refractivity contribution in [3.05, 3.63) is 46.8 Å². The molecule has 0 spiro atoms. The van der Waals surface area contributed by atoms with Crippen LogP contribution in [-0.4, -0.2) is 40.3 Å². The minimum Gasteiger partial charge on any atom is -0.333 e. The van der Waals surface area contributed by atoms with Crippen molar-refractivity contribution in [2.45, 2.75) is 87.9 Å². The smallest absolute Gasteiger partial charge is 0.227 e. The molecule has 1 fully saturated rings. The first-order chi connectivity index (χ1) is 14.8. The third kappa shape index (κ3) is 4.43. The minimum atomic E-state index is -3.30.